The van der Waals surface area contributed by atoms with Gasteiger partial charge >= 0.3 is 0 Å². The fourth-order valence-corrected chi connectivity index (χ4v) is 2.90. The molecule has 4 nitrogen and oxygen atoms in total. The van der Waals surface area contributed by atoms with Crippen LogP contribution in [0.25, 0.3) is 0 Å². The third-order valence-electron chi connectivity index (χ3n) is 4.38. The highest BCUT2D eigenvalue weighted by Gasteiger charge is 2.32. The van der Waals surface area contributed by atoms with Crippen LogP contribution in [0.15, 0.2) is 48.1 Å². The van der Waals surface area contributed by atoms with Crippen LogP contribution in [-0.2, 0) is 9.63 Å². The number of carbonyl (C=O) groups is 1. The monoisotopic (exact) mass is 298 g/mol. The van der Waals surface area contributed by atoms with Crippen molar-refractivity contribution in [3.8, 4) is 0 Å². The predicted molar refractivity (Wildman–Crippen MR) is 86.6 cm³/mol. The first-order valence-corrected chi connectivity index (χ1v) is 7.95. The maximum absolute atomic E-state index is 12.4. The first kappa shape index (κ1) is 14.8. The van der Waals surface area contributed by atoms with Crippen LogP contribution in [0.3, 0.4) is 0 Å². The van der Waals surface area contributed by atoms with Crippen molar-refractivity contribution in [1.29, 1.82) is 0 Å². The number of carbonyl (C=O) groups excluding carboxylic acids is 1. The molecule has 1 aromatic rings. The van der Waals surface area contributed by atoms with Gasteiger partial charge in [-0.3, -0.25) is 4.79 Å². The Labute approximate surface area is 131 Å². The van der Waals surface area contributed by atoms with E-state index in [1.807, 2.05) is 35.2 Å². The van der Waals surface area contributed by atoms with Gasteiger partial charge in [0.05, 0.1) is 12.3 Å². The van der Waals surface area contributed by atoms with Crippen LogP contribution < -0.4 is 0 Å². The van der Waals surface area contributed by atoms with Gasteiger partial charge in [-0.2, -0.15) is 0 Å². The highest BCUT2D eigenvalue weighted by molar-refractivity contribution is 6.01. The lowest BCUT2D eigenvalue weighted by Gasteiger charge is -2.32. The van der Waals surface area contributed by atoms with Gasteiger partial charge in [0.15, 0.2) is 6.10 Å². The quantitative estimate of drug-likeness (QED) is 0.758. The molecule has 4 heteroatoms. The molecule has 0 saturated heterocycles. The Morgan fingerprint density at radius 3 is 2.77 bits per heavy atom. The van der Waals surface area contributed by atoms with Crippen molar-refractivity contribution in [2.45, 2.75) is 31.8 Å². The van der Waals surface area contributed by atoms with Crippen LogP contribution in [0.5, 0.6) is 0 Å². The highest BCUT2D eigenvalue weighted by Crippen LogP contribution is 2.29. The second-order valence-corrected chi connectivity index (χ2v) is 6.00. The van der Waals surface area contributed by atoms with Gasteiger partial charge in [-0.05, 0) is 18.4 Å². The lowest BCUT2D eigenvalue weighted by molar-refractivity contribution is -0.139. The molecule has 0 spiro atoms. The number of amides is 1. The molecule has 22 heavy (non-hydrogen) atoms. The molecule has 1 saturated carbocycles. The van der Waals surface area contributed by atoms with Crippen molar-refractivity contribution < 1.29 is 9.63 Å². The number of hydrogen-bond acceptors (Lipinski definition) is 3. The zero-order valence-corrected chi connectivity index (χ0v) is 12.8. The van der Waals surface area contributed by atoms with E-state index >= 15 is 0 Å². The molecule has 1 atom stereocenters. The van der Waals surface area contributed by atoms with E-state index in [4.69, 9.17) is 4.84 Å². The summed E-state index contributed by atoms with van der Waals surface area (Å²) in [6, 6.07) is 10.0. The molecule has 0 N–H and O–H groups in total. The Morgan fingerprint density at radius 1 is 1.36 bits per heavy atom. The molecule has 1 unspecified atom stereocenters. The minimum Gasteiger partial charge on any atom is -0.390 e. The van der Waals surface area contributed by atoms with Crippen molar-refractivity contribution in [3.63, 3.8) is 0 Å². The summed E-state index contributed by atoms with van der Waals surface area (Å²) < 4.78 is 0. The van der Waals surface area contributed by atoms with E-state index in [-0.39, 0.29) is 17.9 Å². The summed E-state index contributed by atoms with van der Waals surface area (Å²) in [5.74, 6) is 0.443. The average molecular weight is 298 g/mol. The van der Waals surface area contributed by atoms with E-state index < -0.39 is 0 Å². The molecule has 0 radical (unpaired) electrons. The van der Waals surface area contributed by atoms with E-state index in [2.05, 4.69) is 11.7 Å². The zero-order chi connectivity index (χ0) is 15.4. The minimum absolute atomic E-state index is 0.0563. The normalized spacial score (nSPS) is 20.7. The predicted octanol–water partition coefficient (Wildman–Crippen LogP) is 2.99. The van der Waals surface area contributed by atoms with E-state index in [0.29, 0.717) is 13.1 Å². The summed E-state index contributed by atoms with van der Waals surface area (Å²) in [5.41, 5.74) is 2.05. The largest absolute Gasteiger partial charge is 0.390 e. The SMILES string of the molecule is C=CCN(CC1CC(c2ccccc2)=NO1)C(=O)C1CCC1. The summed E-state index contributed by atoms with van der Waals surface area (Å²) in [6.45, 7) is 4.92. The van der Waals surface area contributed by atoms with Crippen LogP contribution in [0.4, 0.5) is 0 Å². The van der Waals surface area contributed by atoms with Gasteiger partial charge in [0.1, 0.15) is 0 Å². The number of rotatable bonds is 6. The van der Waals surface area contributed by atoms with Gasteiger partial charge < -0.3 is 9.74 Å². The fourth-order valence-electron chi connectivity index (χ4n) is 2.90. The Hall–Kier alpha value is -2.10. The maximum atomic E-state index is 12.4. The van der Waals surface area contributed by atoms with Gasteiger partial charge in [0, 0.05) is 18.9 Å². The van der Waals surface area contributed by atoms with Crippen molar-refractivity contribution in [2.75, 3.05) is 13.1 Å². The molecule has 0 bridgehead atoms. The summed E-state index contributed by atoms with van der Waals surface area (Å²) in [4.78, 5) is 19.8. The van der Waals surface area contributed by atoms with Crippen molar-refractivity contribution in [1.82, 2.24) is 4.90 Å². The second kappa shape index (κ2) is 6.77. The topological polar surface area (TPSA) is 41.9 Å². The van der Waals surface area contributed by atoms with Crippen LogP contribution in [0.1, 0.15) is 31.2 Å². The van der Waals surface area contributed by atoms with Gasteiger partial charge in [-0.25, -0.2) is 0 Å². The van der Waals surface area contributed by atoms with Crippen LogP contribution in [0.2, 0.25) is 0 Å². The summed E-state index contributed by atoms with van der Waals surface area (Å²) in [7, 11) is 0. The summed E-state index contributed by atoms with van der Waals surface area (Å²) in [5, 5.41) is 4.19. The van der Waals surface area contributed by atoms with Crippen LogP contribution >= 0.6 is 0 Å². The van der Waals surface area contributed by atoms with Gasteiger partial charge in [-0.15, -0.1) is 6.58 Å². The van der Waals surface area contributed by atoms with Crippen molar-refractivity contribution >= 4 is 11.6 Å². The number of nitrogens with zero attached hydrogens (tertiary/aromatic N) is 2. The molecular formula is C18H22N2O2. The first-order valence-electron chi connectivity index (χ1n) is 7.95. The molecule has 1 heterocycles. The van der Waals surface area contributed by atoms with Crippen molar-refractivity contribution in [3.05, 3.63) is 48.6 Å². The van der Waals surface area contributed by atoms with Crippen molar-refractivity contribution in [2.24, 2.45) is 11.1 Å². The number of hydrogen-bond donors (Lipinski definition) is 0. The number of oxime groups is 1. The van der Waals surface area contributed by atoms with Gasteiger partial charge in [0.25, 0.3) is 0 Å². The van der Waals surface area contributed by atoms with Gasteiger partial charge in [-0.1, -0.05) is 48.0 Å². The molecule has 1 aromatic carbocycles. The molecule has 2 aliphatic rings. The molecular weight excluding hydrogens is 276 g/mol. The molecule has 1 aliphatic heterocycles. The van der Waals surface area contributed by atoms with Crippen LogP contribution in [0, 0.1) is 5.92 Å². The van der Waals surface area contributed by atoms with E-state index in [0.717, 1.165) is 30.5 Å². The molecule has 116 valence electrons. The smallest absolute Gasteiger partial charge is 0.226 e. The third kappa shape index (κ3) is 3.21. The Morgan fingerprint density at radius 2 is 2.14 bits per heavy atom. The maximum Gasteiger partial charge on any atom is 0.226 e. The fraction of sp³-hybridized carbons (Fsp3) is 0.444. The van der Waals surface area contributed by atoms with E-state index in [9.17, 15) is 4.79 Å². The molecule has 1 fully saturated rings. The van der Waals surface area contributed by atoms with E-state index in [1.54, 1.807) is 6.08 Å². The first-order chi connectivity index (χ1) is 10.8. The third-order valence-corrected chi connectivity index (χ3v) is 4.38. The summed E-state index contributed by atoms with van der Waals surface area (Å²) in [6.07, 6.45) is 5.67. The molecule has 1 aliphatic carbocycles. The summed E-state index contributed by atoms with van der Waals surface area (Å²) >= 11 is 0. The lowest BCUT2D eigenvalue weighted by Crippen LogP contribution is -2.43. The Kier molecular flexibility index (Phi) is 4.56. The second-order valence-electron chi connectivity index (χ2n) is 6.00. The Bertz CT molecular complexity index is 564. The van der Waals surface area contributed by atoms with E-state index in [1.165, 1.54) is 6.42 Å². The zero-order valence-electron chi connectivity index (χ0n) is 12.8. The average Bonchev–Trinajstić information content (AvgIpc) is 2.94. The molecule has 3 rings (SSSR count). The highest BCUT2D eigenvalue weighted by atomic mass is 16.6. The lowest BCUT2D eigenvalue weighted by atomic mass is 9.84. The molecule has 1 amide bonds. The standard InChI is InChI=1S/C18H22N2O2/c1-2-11-20(18(21)15-9-6-10-15)13-16-12-17(19-22-16)14-7-4-3-5-8-14/h2-5,7-8,15-16H,1,6,9-13H2. The molecule has 0 aromatic heterocycles. The Balaban J connectivity index is 1.58. The van der Waals surface area contributed by atoms with Gasteiger partial charge in [0.2, 0.25) is 5.91 Å². The number of benzene rings is 1. The van der Waals surface area contributed by atoms with Crippen LogP contribution in [-0.4, -0.2) is 35.7 Å². The minimum atomic E-state index is -0.0563.